The van der Waals surface area contributed by atoms with E-state index in [-0.39, 0.29) is 23.9 Å². The molecule has 3 aliphatic rings. The molecule has 2 heterocycles. The third kappa shape index (κ3) is 3.58. The zero-order valence-corrected chi connectivity index (χ0v) is 15.8. The van der Waals surface area contributed by atoms with Crippen LogP contribution in [0.3, 0.4) is 0 Å². The minimum atomic E-state index is -0.359. The molecule has 2 amide bonds. The van der Waals surface area contributed by atoms with Gasteiger partial charge < -0.3 is 9.80 Å². The van der Waals surface area contributed by atoms with Gasteiger partial charge in [-0.25, -0.2) is 0 Å². The molecule has 4 rings (SSSR count). The lowest BCUT2D eigenvalue weighted by Crippen LogP contribution is -2.49. The predicted molar refractivity (Wildman–Crippen MR) is 102 cm³/mol. The molecule has 1 aromatic carbocycles. The normalized spacial score (nSPS) is 27.3. The molecule has 2 aliphatic heterocycles. The Balaban J connectivity index is 1.40. The summed E-state index contributed by atoms with van der Waals surface area (Å²) < 4.78 is 0. The van der Waals surface area contributed by atoms with Crippen LogP contribution in [0.5, 0.6) is 0 Å². The van der Waals surface area contributed by atoms with Crippen LogP contribution in [-0.4, -0.2) is 46.8 Å². The average Bonchev–Trinajstić information content (AvgIpc) is 3.36. The molecule has 0 spiro atoms. The van der Waals surface area contributed by atoms with Crippen LogP contribution < -0.4 is 0 Å². The lowest BCUT2D eigenvalue weighted by atomic mass is 9.82. The predicted octanol–water partition coefficient (Wildman–Crippen LogP) is 2.69. The van der Waals surface area contributed by atoms with Gasteiger partial charge in [-0.3, -0.25) is 9.59 Å². The van der Waals surface area contributed by atoms with Gasteiger partial charge in [-0.15, -0.1) is 0 Å². The minimum Gasteiger partial charge on any atom is -0.331 e. The smallest absolute Gasteiger partial charge is 0.246 e. The highest BCUT2D eigenvalue weighted by atomic mass is 16.2. The van der Waals surface area contributed by atoms with Crippen molar-refractivity contribution in [1.82, 2.24) is 9.80 Å². The summed E-state index contributed by atoms with van der Waals surface area (Å²) in [6.07, 6.45) is 6.80. The van der Waals surface area contributed by atoms with Gasteiger partial charge in [0.15, 0.2) is 0 Å². The van der Waals surface area contributed by atoms with E-state index in [1.54, 1.807) is 9.80 Å². The van der Waals surface area contributed by atoms with Gasteiger partial charge in [0.2, 0.25) is 11.8 Å². The highest BCUT2D eigenvalue weighted by Gasteiger charge is 2.40. The monoisotopic (exact) mass is 365 g/mol. The molecule has 2 saturated heterocycles. The molecule has 0 aromatic heterocycles. The third-order valence-electron chi connectivity index (χ3n) is 6.46. The Bertz CT molecular complexity index is 769. The van der Waals surface area contributed by atoms with Crippen LogP contribution >= 0.6 is 0 Å². The van der Waals surface area contributed by atoms with Crippen molar-refractivity contribution in [3.05, 3.63) is 35.4 Å². The van der Waals surface area contributed by atoms with E-state index in [9.17, 15) is 14.9 Å². The summed E-state index contributed by atoms with van der Waals surface area (Å²) in [6, 6.07) is 10.1. The summed E-state index contributed by atoms with van der Waals surface area (Å²) in [5, 5.41) is 9.28. The molecular weight excluding hydrogens is 338 g/mol. The first kappa shape index (κ1) is 18.0. The summed E-state index contributed by atoms with van der Waals surface area (Å²) in [4.78, 5) is 29.5. The second kappa shape index (κ2) is 7.72. The van der Waals surface area contributed by atoms with Crippen molar-refractivity contribution in [2.45, 2.75) is 63.5 Å². The summed E-state index contributed by atoms with van der Waals surface area (Å²) >= 11 is 0. The average molecular weight is 365 g/mol. The van der Waals surface area contributed by atoms with Crippen LogP contribution in [-0.2, 0) is 22.4 Å². The Kier molecular flexibility index (Phi) is 5.15. The van der Waals surface area contributed by atoms with Crippen molar-refractivity contribution < 1.29 is 9.59 Å². The fourth-order valence-electron chi connectivity index (χ4n) is 4.99. The van der Waals surface area contributed by atoms with E-state index in [1.807, 2.05) is 0 Å². The SMILES string of the molecule is N#C[C@@H]1CCCN1C(=O)[C@@H]1CCCN1C(=O)C[C@H]1CCc2ccccc2C1. The summed E-state index contributed by atoms with van der Waals surface area (Å²) in [7, 11) is 0. The number of carbonyl (C=O) groups is 2. The number of benzene rings is 1. The quantitative estimate of drug-likeness (QED) is 0.827. The first-order valence-corrected chi connectivity index (χ1v) is 10.2. The standard InChI is InChI=1S/C22H27N3O2/c23-15-19-7-3-11-24(19)22(27)20-8-4-12-25(20)21(26)14-16-9-10-17-5-1-2-6-18(17)13-16/h1-2,5-6,16,19-20H,3-4,7-14H2/t16-,19-,20-/m0/s1. The number of rotatable bonds is 3. The van der Waals surface area contributed by atoms with Gasteiger partial charge in [-0.05, 0) is 62.0 Å². The number of aryl methyl sites for hydroxylation is 1. The van der Waals surface area contributed by atoms with Crippen molar-refractivity contribution in [3.63, 3.8) is 0 Å². The fourth-order valence-corrected chi connectivity index (χ4v) is 4.99. The van der Waals surface area contributed by atoms with E-state index in [4.69, 9.17) is 0 Å². The maximum atomic E-state index is 13.0. The fraction of sp³-hybridized carbons (Fsp3) is 0.591. The number of hydrogen-bond acceptors (Lipinski definition) is 3. The Morgan fingerprint density at radius 2 is 1.78 bits per heavy atom. The molecule has 5 nitrogen and oxygen atoms in total. The maximum Gasteiger partial charge on any atom is 0.246 e. The Hall–Kier alpha value is -2.35. The number of amides is 2. The van der Waals surface area contributed by atoms with Crippen molar-refractivity contribution in [2.24, 2.45) is 5.92 Å². The second-order valence-corrected chi connectivity index (χ2v) is 8.15. The topological polar surface area (TPSA) is 64.4 Å². The van der Waals surface area contributed by atoms with Gasteiger partial charge in [0.25, 0.3) is 0 Å². The van der Waals surface area contributed by atoms with Gasteiger partial charge in [0.1, 0.15) is 12.1 Å². The molecule has 3 atom stereocenters. The second-order valence-electron chi connectivity index (χ2n) is 8.15. The van der Waals surface area contributed by atoms with Gasteiger partial charge in [-0.2, -0.15) is 5.26 Å². The highest BCUT2D eigenvalue weighted by molar-refractivity contribution is 5.89. The van der Waals surface area contributed by atoms with Crippen molar-refractivity contribution in [2.75, 3.05) is 13.1 Å². The summed E-state index contributed by atoms with van der Waals surface area (Å²) in [5.74, 6) is 0.462. The van der Waals surface area contributed by atoms with Gasteiger partial charge in [-0.1, -0.05) is 24.3 Å². The number of fused-ring (bicyclic) bond motifs is 1. The Morgan fingerprint density at radius 1 is 1.04 bits per heavy atom. The lowest BCUT2D eigenvalue weighted by Gasteiger charge is -2.31. The molecule has 1 aromatic rings. The van der Waals surface area contributed by atoms with Crippen LogP contribution in [0.1, 0.15) is 49.7 Å². The molecular formula is C22H27N3O2. The summed E-state index contributed by atoms with van der Waals surface area (Å²) in [5.41, 5.74) is 2.77. The van der Waals surface area contributed by atoms with E-state index in [2.05, 4.69) is 30.3 Å². The van der Waals surface area contributed by atoms with Crippen LogP contribution in [0.15, 0.2) is 24.3 Å². The highest BCUT2D eigenvalue weighted by Crippen LogP contribution is 2.30. The van der Waals surface area contributed by atoms with E-state index < -0.39 is 0 Å². The lowest BCUT2D eigenvalue weighted by molar-refractivity contribution is -0.144. The molecule has 1 aliphatic carbocycles. The van der Waals surface area contributed by atoms with Crippen LogP contribution in [0.4, 0.5) is 0 Å². The molecule has 0 radical (unpaired) electrons. The molecule has 0 unspecified atom stereocenters. The van der Waals surface area contributed by atoms with Gasteiger partial charge in [0.05, 0.1) is 6.07 Å². The molecule has 27 heavy (non-hydrogen) atoms. The van der Waals surface area contributed by atoms with Crippen LogP contribution in [0.2, 0.25) is 0 Å². The molecule has 5 heteroatoms. The number of nitrogens with zero attached hydrogens (tertiary/aromatic N) is 3. The van der Waals surface area contributed by atoms with Crippen molar-refractivity contribution >= 4 is 11.8 Å². The Morgan fingerprint density at radius 3 is 2.59 bits per heavy atom. The van der Waals surface area contributed by atoms with Crippen molar-refractivity contribution in [3.8, 4) is 6.07 Å². The van der Waals surface area contributed by atoms with Crippen molar-refractivity contribution in [1.29, 1.82) is 5.26 Å². The largest absolute Gasteiger partial charge is 0.331 e. The first-order chi connectivity index (χ1) is 13.2. The van der Waals surface area contributed by atoms with Crippen LogP contribution in [0.25, 0.3) is 0 Å². The molecule has 2 fully saturated rings. The zero-order chi connectivity index (χ0) is 18.8. The number of likely N-dealkylation sites (tertiary alicyclic amines) is 2. The third-order valence-corrected chi connectivity index (χ3v) is 6.46. The van der Waals surface area contributed by atoms with E-state index in [1.165, 1.54) is 11.1 Å². The first-order valence-electron chi connectivity index (χ1n) is 10.2. The number of nitriles is 1. The van der Waals surface area contributed by atoms with Crippen LogP contribution in [0, 0.1) is 17.2 Å². The van der Waals surface area contributed by atoms with Gasteiger partial charge in [0, 0.05) is 19.5 Å². The molecule has 142 valence electrons. The summed E-state index contributed by atoms with van der Waals surface area (Å²) in [6.45, 7) is 1.32. The zero-order valence-electron chi connectivity index (χ0n) is 15.8. The Labute approximate surface area is 160 Å². The maximum absolute atomic E-state index is 13.0. The molecule has 0 saturated carbocycles. The van der Waals surface area contributed by atoms with E-state index >= 15 is 0 Å². The minimum absolute atomic E-state index is 0.0149. The molecule has 0 bridgehead atoms. The van der Waals surface area contributed by atoms with Gasteiger partial charge >= 0.3 is 0 Å². The number of carbonyl (C=O) groups excluding carboxylic acids is 2. The number of hydrogen-bond donors (Lipinski definition) is 0. The molecule has 0 N–H and O–H groups in total. The van der Waals surface area contributed by atoms with E-state index in [0.717, 1.165) is 44.9 Å². The van der Waals surface area contributed by atoms with E-state index in [0.29, 0.717) is 25.4 Å².